The molecule has 0 aromatic carbocycles. The van der Waals surface area contributed by atoms with Gasteiger partial charge >= 0.3 is 0 Å². The number of hydrogen-bond donors (Lipinski definition) is 2. The fourth-order valence-electron chi connectivity index (χ4n) is 2.00. The second-order valence-corrected chi connectivity index (χ2v) is 3.53. The molecule has 0 bridgehead atoms. The molecule has 1 fully saturated rings. The minimum Gasteiger partial charge on any atom is -0.392 e. The van der Waals surface area contributed by atoms with E-state index in [1.807, 2.05) is 0 Å². The molecule has 0 unspecified atom stereocenters. The van der Waals surface area contributed by atoms with E-state index in [1.54, 1.807) is 6.08 Å². The molecule has 4 heteroatoms. The lowest BCUT2D eigenvalue weighted by Crippen LogP contribution is -2.37. The number of carbonyl (C=O) groups is 1. The maximum absolute atomic E-state index is 11.0. The molecule has 0 radical (unpaired) electrons. The summed E-state index contributed by atoms with van der Waals surface area (Å²) < 4.78 is 5.25. The van der Waals surface area contributed by atoms with Crippen molar-refractivity contribution in [3.05, 3.63) is 11.6 Å². The molecule has 0 aromatic rings. The molecule has 1 aliphatic heterocycles. The van der Waals surface area contributed by atoms with Gasteiger partial charge in [-0.25, -0.2) is 0 Å². The molecule has 2 N–H and O–H groups in total. The van der Waals surface area contributed by atoms with Gasteiger partial charge in [0.1, 0.15) is 6.61 Å². The summed E-state index contributed by atoms with van der Waals surface area (Å²) in [5, 5.41) is 18.5. The largest absolute Gasteiger partial charge is 0.392 e. The van der Waals surface area contributed by atoms with Crippen molar-refractivity contribution in [2.24, 2.45) is 5.92 Å². The number of fused-ring (bicyclic) bond motifs is 1. The van der Waals surface area contributed by atoms with Crippen molar-refractivity contribution in [1.29, 1.82) is 0 Å². The minimum atomic E-state index is -0.642. The molecule has 0 saturated carbocycles. The summed E-state index contributed by atoms with van der Waals surface area (Å²) in [5.74, 6) is -0.156. The first-order valence-electron chi connectivity index (χ1n) is 4.35. The smallest absolute Gasteiger partial charge is 0.159 e. The van der Waals surface area contributed by atoms with E-state index in [2.05, 4.69) is 0 Å². The highest BCUT2D eigenvalue weighted by atomic mass is 16.5. The van der Waals surface area contributed by atoms with Gasteiger partial charge in [0.25, 0.3) is 0 Å². The van der Waals surface area contributed by atoms with Crippen LogP contribution in [0.2, 0.25) is 0 Å². The Bertz CT molecular complexity index is 258. The van der Waals surface area contributed by atoms with E-state index in [9.17, 15) is 9.90 Å². The van der Waals surface area contributed by atoms with E-state index in [1.165, 1.54) is 0 Å². The van der Waals surface area contributed by atoms with E-state index < -0.39 is 6.10 Å². The highest BCUT2D eigenvalue weighted by Gasteiger charge is 2.40. The first-order valence-corrected chi connectivity index (χ1v) is 4.35. The molecule has 4 nitrogen and oxygen atoms in total. The number of Topliss-reactive ketones (excluding diaryl/α,β-unsaturated/α-hetero) is 1. The topological polar surface area (TPSA) is 66.8 Å². The van der Waals surface area contributed by atoms with E-state index >= 15 is 0 Å². The third-order valence-corrected chi connectivity index (χ3v) is 2.65. The monoisotopic (exact) mass is 184 g/mol. The third-order valence-electron chi connectivity index (χ3n) is 2.65. The summed E-state index contributed by atoms with van der Waals surface area (Å²) in [6, 6.07) is 0. The van der Waals surface area contributed by atoms with Crippen LogP contribution in [0.5, 0.6) is 0 Å². The molecule has 0 spiro atoms. The van der Waals surface area contributed by atoms with Crippen LogP contribution >= 0.6 is 0 Å². The first kappa shape index (κ1) is 8.87. The average molecular weight is 184 g/mol. The highest BCUT2D eigenvalue weighted by molar-refractivity contribution is 5.81. The van der Waals surface area contributed by atoms with Gasteiger partial charge in [0.05, 0.1) is 18.8 Å². The zero-order valence-corrected chi connectivity index (χ0v) is 7.14. The Balaban J connectivity index is 2.16. The molecule has 72 valence electrons. The van der Waals surface area contributed by atoms with Crippen molar-refractivity contribution in [3.63, 3.8) is 0 Å². The van der Waals surface area contributed by atoms with Gasteiger partial charge in [-0.05, 0) is 5.57 Å². The standard InChI is InChI=1S/C9H12O4/c10-3-5-1-8(12)7-2-6(11)4-13-9(5)7/h1,7-10,12H,2-4H2/t7-,8+,9+/m0/s1. The number of ketones is 1. The van der Waals surface area contributed by atoms with Crippen LogP contribution in [0.15, 0.2) is 11.6 Å². The van der Waals surface area contributed by atoms with Crippen LogP contribution < -0.4 is 0 Å². The van der Waals surface area contributed by atoms with E-state index in [4.69, 9.17) is 9.84 Å². The van der Waals surface area contributed by atoms with Crippen LogP contribution in [0.25, 0.3) is 0 Å². The number of hydrogen-bond acceptors (Lipinski definition) is 4. The molecule has 1 saturated heterocycles. The summed E-state index contributed by atoms with van der Waals surface area (Å²) in [7, 11) is 0. The zero-order valence-electron chi connectivity index (χ0n) is 7.14. The average Bonchev–Trinajstić information content (AvgIpc) is 2.43. The van der Waals surface area contributed by atoms with Crippen LogP contribution in [0.1, 0.15) is 6.42 Å². The highest BCUT2D eigenvalue weighted by Crippen LogP contribution is 2.33. The molecule has 0 amide bonds. The Labute approximate surface area is 75.8 Å². The van der Waals surface area contributed by atoms with Crippen molar-refractivity contribution in [3.8, 4) is 0 Å². The van der Waals surface area contributed by atoms with Crippen molar-refractivity contribution in [2.75, 3.05) is 13.2 Å². The summed E-state index contributed by atoms with van der Waals surface area (Å²) in [6.07, 6.45) is 1.05. The van der Waals surface area contributed by atoms with Crippen molar-refractivity contribution >= 4 is 5.78 Å². The van der Waals surface area contributed by atoms with Crippen LogP contribution in [0.4, 0.5) is 0 Å². The second-order valence-electron chi connectivity index (χ2n) is 3.53. The molecule has 3 atom stereocenters. The number of aliphatic hydroxyl groups is 2. The predicted octanol–water partition coefficient (Wildman–Crippen LogP) is -0.746. The van der Waals surface area contributed by atoms with Gasteiger partial charge in [0.2, 0.25) is 0 Å². The Morgan fingerprint density at radius 2 is 2.38 bits per heavy atom. The maximum atomic E-state index is 11.0. The normalized spacial score (nSPS) is 38.8. The lowest BCUT2D eigenvalue weighted by atomic mass is 9.92. The Hall–Kier alpha value is -0.710. The fourth-order valence-corrected chi connectivity index (χ4v) is 2.00. The van der Waals surface area contributed by atoms with Gasteiger partial charge in [-0.1, -0.05) is 6.08 Å². The SMILES string of the molecule is O=C1CO[C@@H]2C(CO)=C[C@@H](O)[C@@H]2C1. The molecule has 0 aromatic heterocycles. The predicted molar refractivity (Wildman–Crippen MR) is 44.0 cm³/mol. The molecular formula is C9H12O4. The van der Waals surface area contributed by atoms with Crippen LogP contribution in [0.3, 0.4) is 0 Å². The van der Waals surface area contributed by atoms with Gasteiger partial charge in [0, 0.05) is 12.3 Å². The molecule has 13 heavy (non-hydrogen) atoms. The van der Waals surface area contributed by atoms with Crippen LogP contribution in [0, 0.1) is 5.92 Å². The number of ether oxygens (including phenoxy) is 1. The Kier molecular flexibility index (Phi) is 2.19. The Morgan fingerprint density at radius 3 is 3.08 bits per heavy atom. The second kappa shape index (κ2) is 3.21. The summed E-state index contributed by atoms with van der Waals surface area (Å²) >= 11 is 0. The van der Waals surface area contributed by atoms with Gasteiger partial charge < -0.3 is 14.9 Å². The molecule has 1 aliphatic carbocycles. The number of aliphatic hydroxyl groups excluding tert-OH is 2. The van der Waals surface area contributed by atoms with E-state index in [0.29, 0.717) is 12.0 Å². The number of rotatable bonds is 1. The maximum Gasteiger partial charge on any atom is 0.159 e. The summed E-state index contributed by atoms with van der Waals surface area (Å²) in [5.41, 5.74) is 0.699. The van der Waals surface area contributed by atoms with Crippen LogP contribution in [-0.4, -0.2) is 41.4 Å². The van der Waals surface area contributed by atoms with Crippen molar-refractivity contribution in [2.45, 2.75) is 18.6 Å². The summed E-state index contributed by atoms with van der Waals surface area (Å²) in [6.45, 7) is -0.00234. The minimum absolute atomic E-state index is 0.0212. The molecule has 2 aliphatic rings. The van der Waals surface area contributed by atoms with E-state index in [0.717, 1.165) is 0 Å². The van der Waals surface area contributed by atoms with Gasteiger partial charge in [-0.3, -0.25) is 4.79 Å². The van der Waals surface area contributed by atoms with Crippen molar-refractivity contribution in [1.82, 2.24) is 0 Å². The van der Waals surface area contributed by atoms with Crippen molar-refractivity contribution < 1.29 is 19.7 Å². The molecular weight excluding hydrogens is 172 g/mol. The lowest BCUT2D eigenvalue weighted by molar-refractivity contribution is -0.136. The fraction of sp³-hybridized carbons (Fsp3) is 0.667. The van der Waals surface area contributed by atoms with Crippen LogP contribution in [-0.2, 0) is 9.53 Å². The zero-order chi connectivity index (χ0) is 9.42. The lowest BCUT2D eigenvalue weighted by Gasteiger charge is -2.28. The number of carbonyl (C=O) groups excluding carboxylic acids is 1. The van der Waals surface area contributed by atoms with Gasteiger partial charge in [-0.15, -0.1) is 0 Å². The van der Waals surface area contributed by atoms with E-state index in [-0.39, 0.29) is 31.0 Å². The third kappa shape index (κ3) is 1.41. The molecule has 2 rings (SSSR count). The van der Waals surface area contributed by atoms with Gasteiger partial charge in [-0.2, -0.15) is 0 Å². The van der Waals surface area contributed by atoms with Gasteiger partial charge in [0.15, 0.2) is 5.78 Å². The Morgan fingerprint density at radius 1 is 1.62 bits per heavy atom. The summed E-state index contributed by atoms with van der Waals surface area (Å²) in [4.78, 5) is 11.0. The molecule has 1 heterocycles. The first-order chi connectivity index (χ1) is 6.22. The quantitative estimate of drug-likeness (QED) is 0.526.